The third kappa shape index (κ3) is 18.2. The normalized spacial score (nSPS) is 11.3. The van der Waals surface area contributed by atoms with Crippen LogP contribution in [0.2, 0.25) is 0 Å². The van der Waals surface area contributed by atoms with Gasteiger partial charge in [-0.3, -0.25) is 0 Å². The first kappa shape index (κ1) is 30.9. The Hall–Kier alpha value is -1.18. The molecule has 0 heterocycles. The maximum absolute atomic E-state index is 9.83. The molecule has 0 aliphatic heterocycles. The Balaban J connectivity index is 1.70. The minimum atomic E-state index is 0.00171. The zero-order valence-corrected chi connectivity index (χ0v) is 22.8. The fraction of sp³-hybridized carbons (Fsp3) is 0.812. The summed E-state index contributed by atoms with van der Waals surface area (Å²) in [6.45, 7) is 2.30. The van der Waals surface area contributed by atoms with Crippen molar-refractivity contribution in [3.05, 3.63) is 23.8 Å². The lowest BCUT2D eigenvalue weighted by molar-refractivity contribution is 0.398. The smallest absolute Gasteiger partial charge is 0.160 e. The van der Waals surface area contributed by atoms with Crippen molar-refractivity contribution in [2.24, 2.45) is 0 Å². The molecule has 1 aromatic rings. The van der Waals surface area contributed by atoms with E-state index in [0.717, 1.165) is 18.4 Å². The molecule has 1 aromatic carbocycles. The Morgan fingerprint density at radius 1 is 0.441 bits per heavy atom. The van der Waals surface area contributed by atoms with E-state index in [-0.39, 0.29) is 11.5 Å². The second-order valence-corrected chi connectivity index (χ2v) is 10.7. The Bertz CT molecular complexity index is 554. The lowest BCUT2D eigenvalue weighted by Gasteiger charge is -2.06. The van der Waals surface area contributed by atoms with Crippen LogP contribution >= 0.6 is 0 Å². The van der Waals surface area contributed by atoms with Gasteiger partial charge in [-0.15, -0.1) is 0 Å². The number of rotatable bonds is 25. The average molecular weight is 475 g/mol. The predicted molar refractivity (Wildman–Crippen MR) is 150 cm³/mol. The van der Waals surface area contributed by atoms with Crippen LogP contribution in [0, 0.1) is 0 Å². The molecule has 0 amide bonds. The lowest BCUT2D eigenvalue weighted by atomic mass is 10.0. The number of phenolic OH excluding ortho intramolecular Hbond substituents is 2. The Kier molecular flexibility index (Phi) is 21.4. The van der Waals surface area contributed by atoms with Crippen LogP contribution in [0.4, 0.5) is 0 Å². The zero-order chi connectivity index (χ0) is 24.5. The molecule has 2 heteroatoms. The molecule has 0 radical (unpaired) electrons. The van der Waals surface area contributed by atoms with Crippen molar-refractivity contribution < 1.29 is 10.2 Å². The minimum Gasteiger partial charge on any atom is -0.504 e. The van der Waals surface area contributed by atoms with Crippen LogP contribution in [-0.4, -0.2) is 10.2 Å². The molecule has 0 spiro atoms. The van der Waals surface area contributed by atoms with Gasteiger partial charge in [0.05, 0.1) is 0 Å². The number of benzene rings is 1. The van der Waals surface area contributed by atoms with E-state index in [0.29, 0.717) is 0 Å². The van der Waals surface area contributed by atoms with Gasteiger partial charge in [-0.25, -0.2) is 0 Å². The summed E-state index contributed by atoms with van der Waals surface area (Å²) >= 11 is 0. The molecule has 0 atom stereocenters. The van der Waals surface area contributed by atoms with E-state index < -0.39 is 0 Å². The Morgan fingerprint density at radius 3 is 1.12 bits per heavy atom. The number of aromatic hydroxyl groups is 2. The third-order valence-electron chi connectivity index (χ3n) is 7.40. The summed E-state index contributed by atoms with van der Waals surface area (Å²) in [7, 11) is 0. The summed E-state index contributed by atoms with van der Waals surface area (Å²) in [5, 5.41) is 19.4. The van der Waals surface area contributed by atoms with Crippen LogP contribution < -0.4 is 0 Å². The quantitative estimate of drug-likeness (QED) is 0.109. The van der Waals surface area contributed by atoms with Crippen molar-refractivity contribution in [2.45, 2.75) is 167 Å². The van der Waals surface area contributed by atoms with E-state index in [9.17, 15) is 10.2 Å². The predicted octanol–water partition coefficient (Wildman–Crippen LogP) is 11.0. The van der Waals surface area contributed by atoms with Crippen LogP contribution in [0.5, 0.6) is 11.5 Å². The van der Waals surface area contributed by atoms with Gasteiger partial charge in [0.15, 0.2) is 11.5 Å². The van der Waals surface area contributed by atoms with Crippen LogP contribution in [0.15, 0.2) is 18.2 Å². The summed E-state index contributed by atoms with van der Waals surface area (Å²) in [4.78, 5) is 0. The van der Waals surface area contributed by atoms with Crippen LogP contribution in [0.25, 0.3) is 0 Å². The van der Waals surface area contributed by atoms with E-state index in [4.69, 9.17) is 0 Å². The molecule has 0 aliphatic carbocycles. The van der Waals surface area contributed by atoms with Gasteiger partial charge in [0, 0.05) is 0 Å². The Labute approximate surface area is 213 Å². The molecule has 2 nitrogen and oxygen atoms in total. The highest BCUT2D eigenvalue weighted by Gasteiger charge is 2.05. The first-order valence-corrected chi connectivity index (χ1v) is 15.3. The molecule has 198 valence electrons. The molecule has 0 aromatic heterocycles. The fourth-order valence-corrected chi connectivity index (χ4v) is 5.06. The molecule has 0 bridgehead atoms. The molecule has 1 rings (SSSR count). The fourth-order valence-electron chi connectivity index (χ4n) is 5.06. The summed E-state index contributed by atoms with van der Waals surface area (Å²) < 4.78 is 0. The minimum absolute atomic E-state index is 0.00171. The summed E-state index contributed by atoms with van der Waals surface area (Å²) in [6.07, 6.45) is 34.6. The van der Waals surface area contributed by atoms with Crippen molar-refractivity contribution in [1.82, 2.24) is 0 Å². The number of unbranched alkanes of at least 4 members (excludes halogenated alkanes) is 23. The maximum Gasteiger partial charge on any atom is 0.160 e. The number of hydrogen-bond acceptors (Lipinski definition) is 2. The van der Waals surface area contributed by atoms with Gasteiger partial charge in [-0.05, 0) is 24.5 Å². The van der Waals surface area contributed by atoms with Crippen LogP contribution in [0.3, 0.4) is 0 Å². The molecule has 0 unspecified atom stereocenters. The molecule has 0 saturated heterocycles. The van der Waals surface area contributed by atoms with Gasteiger partial charge >= 0.3 is 0 Å². The molecular weight excluding hydrogens is 416 g/mol. The summed E-state index contributed by atoms with van der Waals surface area (Å²) in [5.41, 5.74) is 0.874. The van der Waals surface area contributed by atoms with E-state index in [2.05, 4.69) is 6.92 Å². The highest BCUT2D eigenvalue weighted by Crippen LogP contribution is 2.29. The van der Waals surface area contributed by atoms with Crippen LogP contribution in [-0.2, 0) is 6.42 Å². The topological polar surface area (TPSA) is 40.5 Å². The number of phenols is 2. The van der Waals surface area contributed by atoms with Gasteiger partial charge in [0.1, 0.15) is 0 Å². The van der Waals surface area contributed by atoms with Gasteiger partial charge in [-0.2, -0.15) is 0 Å². The number of hydrogen-bond donors (Lipinski definition) is 2. The zero-order valence-electron chi connectivity index (χ0n) is 22.8. The second-order valence-electron chi connectivity index (χ2n) is 10.7. The molecule has 0 saturated carbocycles. The van der Waals surface area contributed by atoms with Crippen molar-refractivity contribution in [3.63, 3.8) is 0 Å². The average Bonchev–Trinajstić information content (AvgIpc) is 2.84. The molecule has 0 aliphatic rings. The highest BCUT2D eigenvalue weighted by atomic mass is 16.3. The van der Waals surface area contributed by atoms with Crippen LogP contribution in [0.1, 0.15) is 167 Å². The standard InChI is InChI=1S/C32H58O2/c1-2-3-4-5-6-7-8-9-10-11-12-13-14-15-16-17-18-19-20-21-22-23-24-25-27-30-28-26-29-31(33)32(30)34/h26,28-29,33-34H,2-25,27H2,1H3. The number of para-hydroxylation sites is 1. The Morgan fingerprint density at radius 2 is 0.765 bits per heavy atom. The highest BCUT2D eigenvalue weighted by molar-refractivity contribution is 5.44. The van der Waals surface area contributed by atoms with E-state index in [1.54, 1.807) is 6.07 Å². The maximum atomic E-state index is 9.83. The first-order valence-electron chi connectivity index (χ1n) is 15.3. The van der Waals surface area contributed by atoms with Crippen molar-refractivity contribution in [2.75, 3.05) is 0 Å². The first-order chi connectivity index (χ1) is 16.8. The largest absolute Gasteiger partial charge is 0.504 e. The van der Waals surface area contributed by atoms with Gasteiger partial charge < -0.3 is 10.2 Å². The van der Waals surface area contributed by atoms with E-state index >= 15 is 0 Å². The molecule has 34 heavy (non-hydrogen) atoms. The second kappa shape index (κ2) is 23.6. The molecule has 0 fully saturated rings. The van der Waals surface area contributed by atoms with Gasteiger partial charge in [0.2, 0.25) is 0 Å². The van der Waals surface area contributed by atoms with Crippen molar-refractivity contribution in [1.29, 1.82) is 0 Å². The molecule has 2 N–H and O–H groups in total. The summed E-state index contributed by atoms with van der Waals surface area (Å²) in [5.74, 6) is 0.0680. The number of aryl methyl sites for hydroxylation is 1. The SMILES string of the molecule is CCCCCCCCCCCCCCCCCCCCCCCCCCc1cccc(O)c1O. The molecular formula is C32H58O2. The van der Waals surface area contributed by atoms with E-state index in [1.165, 1.54) is 148 Å². The van der Waals surface area contributed by atoms with Crippen molar-refractivity contribution >= 4 is 0 Å². The van der Waals surface area contributed by atoms with Gasteiger partial charge in [-0.1, -0.05) is 167 Å². The van der Waals surface area contributed by atoms with E-state index in [1.807, 2.05) is 12.1 Å². The third-order valence-corrected chi connectivity index (χ3v) is 7.40. The van der Waals surface area contributed by atoms with Crippen molar-refractivity contribution in [3.8, 4) is 11.5 Å². The summed E-state index contributed by atoms with van der Waals surface area (Å²) in [6, 6.07) is 5.26. The lowest BCUT2D eigenvalue weighted by Crippen LogP contribution is -1.88. The van der Waals surface area contributed by atoms with Gasteiger partial charge in [0.25, 0.3) is 0 Å². The monoisotopic (exact) mass is 474 g/mol.